The van der Waals surface area contributed by atoms with E-state index in [-0.39, 0.29) is 36.9 Å². The van der Waals surface area contributed by atoms with Crippen LogP contribution in [0.4, 0.5) is 23.2 Å². The van der Waals surface area contributed by atoms with E-state index in [1.54, 1.807) is 18.7 Å². The van der Waals surface area contributed by atoms with Gasteiger partial charge in [-0.05, 0) is 50.3 Å². The predicted octanol–water partition coefficient (Wildman–Crippen LogP) is 5.01. The number of hydrogen-bond acceptors (Lipinski definition) is 4. The number of carboxylic acid groups (broad SMARTS) is 1. The summed E-state index contributed by atoms with van der Waals surface area (Å²) in [6, 6.07) is 1.17. The molecule has 11 heteroatoms. The smallest absolute Gasteiger partial charge is 0.416 e. The van der Waals surface area contributed by atoms with Crippen LogP contribution in [-0.4, -0.2) is 42.4 Å². The SMILES string of the molecule is CC1N(CCCCCC(=O)O)c2cc(F)cc(C(F)(F)F)c2C1(C)CCCCS(=O)(=O)O. The van der Waals surface area contributed by atoms with E-state index in [2.05, 4.69) is 0 Å². The molecule has 0 saturated heterocycles. The average molecular weight is 484 g/mol. The number of fused-ring (bicyclic) bond motifs is 1. The predicted molar refractivity (Wildman–Crippen MR) is 112 cm³/mol. The lowest BCUT2D eigenvalue weighted by atomic mass is 9.73. The van der Waals surface area contributed by atoms with Crippen molar-refractivity contribution in [1.82, 2.24) is 0 Å². The van der Waals surface area contributed by atoms with Gasteiger partial charge < -0.3 is 10.0 Å². The molecule has 2 unspecified atom stereocenters. The Morgan fingerprint density at radius 3 is 2.38 bits per heavy atom. The van der Waals surface area contributed by atoms with Crippen LogP contribution in [0.5, 0.6) is 0 Å². The van der Waals surface area contributed by atoms with Gasteiger partial charge in [-0.2, -0.15) is 21.6 Å². The Labute approximate surface area is 185 Å². The van der Waals surface area contributed by atoms with Gasteiger partial charge in [0.2, 0.25) is 0 Å². The van der Waals surface area contributed by atoms with Crippen LogP contribution in [0.3, 0.4) is 0 Å². The molecule has 0 spiro atoms. The minimum absolute atomic E-state index is 0.00343. The molecule has 0 saturated carbocycles. The molecule has 6 nitrogen and oxygen atoms in total. The molecule has 2 rings (SSSR count). The summed E-state index contributed by atoms with van der Waals surface area (Å²) in [5.41, 5.74) is -1.89. The van der Waals surface area contributed by atoms with Gasteiger partial charge in [-0.1, -0.05) is 19.8 Å². The summed E-state index contributed by atoms with van der Waals surface area (Å²) in [6.45, 7) is 3.77. The maximum absolute atomic E-state index is 14.2. The molecule has 32 heavy (non-hydrogen) atoms. The number of nitrogens with zero attached hydrogens (tertiary/aromatic N) is 1. The highest BCUT2D eigenvalue weighted by molar-refractivity contribution is 7.85. The lowest BCUT2D eigenvalue weighted by Crippen LogP contribution is -2.41. The monoisotopic (exact) mass is 483 g/mol. The Morgan fingerprint density at radius 1 is 1.16 bits per heavy atom. The zero-order valence-electron chi connectivity index (χ0n) is 18.1. The van der Waals surface area contributed by atoms with Crippen molar-refractivity contribution in [2.75, 3.05) is 17.2 Å². The Kier molecular flexibility index (Phi) is 8.20. The quantitative estimate of drug-likeness (QED) is 0.261. The standard InChI is InChI=1S/C21H29F4NO5S/c1-14-20(2,9-5-7-11-32(29,30)31)19-16(21(23,24)25)12-15(22)13-17(19)26(14)10-6-3-4-8-18(27)28/h12-14H,3-11H2,1-2H3,(H,27,28)(H,29,30,31). The first-order chi connectivity index (χ1) is 14.7. The zero-order valence-corrected chi connectivity index (χ0v) is 18.9. The molecular weight excluding hydrogens is 454 g/mol. The van der Waals surface area contributed by atoms with Crippen molar-refractivity contribution in [3.05, 3.63) is 29.1 Å². The normalized spacial score (nSPS) is 21.1. The van der Waals surface area contributed by atoms with Crippen LogP contribution in [0.15, 0.2) is 12.1 Å². The Bertz CT molecular complexity index is 935. The third-order valence-corrected chi connectivity index (χ3v) is 7.10. The molecule has 0 radical (unpaired) electrons. The van der Waals surface area contributed by atoms with Crippen LogP contribution in [0.1, 0.15) is 69.9 Å². The first-order valence-electron chi connectivity index (χ1n) is 10.5. The number of unbranched alkanes of at least 4 members (excludes halogenated alkanes) is 3. The molecule has 2 atom stereocenters. The fraction of sp³-hybridized carbons (Fsp3) is 0.667. The van der Waals surface area contributed by atoms with Gasteiger partial charge in [-0.3, -0.25) is 9.35 Å². The highest BCUT2D eigenvalue weighted by Crippen LogP contribution is 2.53. The highest BCUT2D eigenvalue weighted by atomic mass is 32.2. The van der Waals surface area contributed by atoms with Crippen molar-refractivity contribution in [2.45, 2.75) is 76.4 Å². The second kappa shape index (κ2) is 9.94. The van der Waals surface area contributed by atoms with Crippen LogP contribution < -0.4 is 4.90 Å². The van der Waals surface area contributed by atoms with Crippen LogP contribution >= 0.6 is 0 Å². The second-order valence-corrected chi connectivity index (χ2v) is 10.2. The van der Waals surface area contributed by atoms with E-state index >= 15 is 0 Å². The van der Waals surface area contributed by atoms with E-state index in [0.717, 1.165) is 6.07 Å². The summed E-state index contributed by atoms with van der Waals surface area (Å²) in [6.07, 6.45) is -2.64. The van der Waals surface area contributed by atoms with Crippen molar-refractivity contribution in [2.24, 2.45) is 0 Å². The Morgan fingerprint density at radius 2 is 1.81 bits per heavy atom. The van der Waals surface area contributed by atoms with E-state index in [1.807, 2.05) is 0 Å². The third-order valence-electron chi connectivity index (χ3n) is 6.30. The van der Waals surface area contributed by atoms with Crippen molar-refractivity contribution < 1.29 is 40.4 Å². The number of aliphatic carboxylic acids is 1. The first-order valence-corrected chi connectivity index (χ1v) is 12.1. The lowest BCUT2D eigenvalue weighted by Gasteiger charge is -2.35. The lowest BCUT2D eigenvalue weighted by molar-refractivity contribution is -0.139. The molecule has 1 aromatic rings. The summed E-state index contributed by atoms with van der Waals surface area (Å²) < 4.78 is 86.6. The number of carboxylic acids is 1. The molecule has 0 bridgehead atoms. The molecule has 0 fully saturated rings. The van der Waals surface area contributed by atoms with Crippen LogP contribution in [0.2, 0.25) is 0 Å². The molecule has 0 amide bonds. The number of anilines is 1. The molecule has 1 aliphatic heterocycles. The summed E-state index contributed by atoms with van der Waals surface area (Å²) in [7, 11) is -4.17. The summed E-state index contributed by atoms with van der Waals surface area (Å²) >= 11 is 0. The van der Waals surface area contributed by atoms with Gasteiger partial charge in [0.25, 0.3) is 10.1 Å². The molecule has 0 aliphatic carbocycles. The van der Waals surface area contributed by atoms with E-state index < -0.39 is 50.9 Å². The van der Waals surface area contributed by atoms with Gasteiger partial charge in [0.15, 0.2) is 0 Å². The number of alkyl halides is 3. The minimum Gasteiger partial charge on any atom is -0.481 e. The van der Waals surface area contributed by atoms with Crippen molar-refractivity contribution in [1.29, 1.82) is 0 Å². The van der Waals surface area contributed by atoms with Gasteiger partial charge in [0, 0.05) is 30.1 Å². The molecule has 1 aliphatic rings. The van der Waals surface area contributed by atoms with Crippen LogP contribution in [0.25, 0.3) is 0 Å². The summed E-state index contributed by atoms with van der Waals surface area (Å²) in [5, 5.41) is 8.74. The maximum atomic E-state index is 14.2. The number of hydrogen-bond donors (Lipinski definition) is 2. The Balaban J connectivity index is 2.34. The topological polar surface area (TPSA) is 94.9 Å². The van der Waals surface area contributed by atoms with Gasteiger partial charge in [-0.25, -0.2) is 4.39 Å². The first kappa shape index (κ1) is 26.4. The van der Waals surface area contributed by atoms with Crippen molar-refractivity contribution in [3.8, 4) is 0 Å². The molecule has 1 heterocycles. The summed E-state index contributed by atoms with van der Waals surface area (Å²) in [4.78, 5) is 12.4. The van der Waals surface area contributed by atoms with Crippen LogP contribution in [0, 0.1) is 5.82 Å². The van der Waals surface area contributed by atoms with E-state index in [9.17, 15) is 30.8 Å². The average Bonchev–Trinajstić information content (AvgIpc) is 2.84. The van der Waals surface area contributed by atoms with Gasteiger partial charge in [-0.15, -0.1) is 0 Å². The number of carbonyl (C=O) groups is 1. The molecule has 182 valence electrons. The Hall–Kier alpha value is -1.88. The molecule has 2 N–H and O–H groups in total. The number of benzene rings is 1. The third kappa shape index (κ3) is 6.34. The maximum Gasteiger partial charge on any atom is 0.416 e. The van der Waals surface area contributed by atoms with Gasteiger partial charge in [0.1, 0.15) is 5.82 Å². The van der Waals surface area contributed by atoms with Crippen molar-refractivity contribution >= 4 is 21.8 Å². The van der Waals surface area contributed by atoms with Crippen LogP contribution in [-0.2, 0) is 26.5 Å². The fourth-order valence-corrected chi connectivity index (χ4v) is 5.13. The van der Waals surface area contributed by atoms with Crippen molar-refractivity contribution in [3.63, 3.8) is 0 Å². The fourth-order valence-electron chi connectivity index (χ4n) is 4.56. The number of rotatable bonds is 11. The largest absolute Gasteiger partial charge is 0.481 e. The van der Waals surface area contributed by atoms with Gasteiger partial charge in [0.05, 0.1) is 11.3 Å². The second-order valence-electron chi connectivity index (χ2n) is 8.58. The zero-order chi connectivity index (χ0) is 24.3. The number of halogens is 4. The van der Waals surface area contributed by atoms with E-state index in [4.69, 9.17) is 9.66 Å². The molecule has 1 aromatic carbocycles. The summed E-state index contributed by atoms with van der Waals surface area (Å²) in [5.74, 6) is -2.39. The highest BCUT2D eigenvalue weighted by Gasteiger charge is 2.50. The molecule has 0 aromatic heterocycles. The minimum atomic E-state index is -4.76. The molecular formula is C21H29F4NO5S. The van der Waals surface area contributed by atoms with E-state index in [0.29, 0.717) is 31.9 Å². The van der Waals surface area contributed by atoms with E-state index in [1.165, 1.54) is 0 Å². The van der Waals surface area contributed by atoms with Gasteiger partial charge >= 0.3 is 12.1 Å².